The molecule has 1 aliphatic rings. The Morgan fingerprint density at radius 2 is 1.55 bits per heavy atom. The maximum atomic E-state index is 13.2. The molecule has 0 bridgehead atoms. The number of nitrogens with zero attached hydrogens (tertiary/aromatic N) is 5. The van der Waals surface area contributed by atoms with E-state index in [1.807, 2.05) is 28.9 Å². The van der Waals surface area contributed by atoms with Gasteiger partial charge in [-0.15, -0.1) is 0 Å². The highest BCUT2D eigenvalue weighted by Gasteiger charge is 2.21. The monoisotopic (exact) mass is 407 g/mol. The Morgan fingerprint density at radius 1 is 0.862 bits per heavy atom. The summed E-state index contributed by atoms with van der Waals surface area (Å²) in [6.07, 6.45) is 3.62. The van der Waals surface area contributed by atoms with Gasteiger partial charge in [-0.25, -0.2) is 13.9 Å². The summed E-state index contributed by atoms with van der Waals surface area (Å²) in [6, 6.07) is 16.4. The second kappa shape index (κ2) is 7.37. The van der Waals surface area contributed by atoms with Crippen molar-refractivity contribution in [3.8, 4) is 11.3 Å². The molecule has 0 saturated carbocycles. The first-order valence-electron chi connectivity index (χ1n) is 9.53. The van der Waals surface area contributed by atoms with Crippen molar-refractivity contribution in [2.45, 2.75) is 0 Å². The van der Waals surface area contributed by atoms with Crippen LogP contribution in [0.25, 0.3) is 16.8 Å². The van der Waals surface area contributed by atoms with E-state index in [4.69, 9.17) is 11.6 Å². The summed E-state index contributed by atoms with van der Waals surface area (Å²) >= 11 is 6.00. The van der Waals surface area contributed by atoms with Gasteiger partial charge in [0.2, 0.25) is 0 Å². The lowest BCUT2D eigenvalue weighted by Gasteiger charge is -2.36. The van der Waals surface area contributed by atoms with Crippen molar-refractivity contribution < 1.29 is 4.39 Å². The fourth-order valence-electron chi connectivity index (χ4n) is 3.74. The van der Waals surface area contributed by atoms with Crippen LogP contribution in [0.2, 0.25) is 5.02 Å². The van der Waals surface area contributed by atoms with E-state index in [1.54, 1.807) is 18.3 Å². The third-order valence-corrected chi connectivity index (χ3v) is 5.53. The molecule has 0 radical (unpaired) electrons. The van der Waals surface area contributed by atoms with Gasteiger partial charge in [-0.1, -0.05) is 11.6 Å². The molecule has 1 saturated heterocycles. The SMILES string of the molecule is Fc1ccc(-c2cc3c(N4CCN(c5ccc(Cl)cc5)CC4)nccn3n2)cc1. The number of rotatable bonds is 3. The molecule has 7 heteroatoms. The Balaban J connectivity index is 1.39. The highest BCUT2D eigenvalue weighted by atomic mass is 35.5. The van der Waals surface area contributed by atoms with Crippen LogP contribution < -0.4 is 9.80 Å². The van der Waals surface area contributed by atoms with Gasteiger partial charge in [0.15, 0.2) is 5.82 Å². The van der Waals surface area contributed by atoms with Crippen LogP contribution in [-0.2, 0) is 0 Å². The molecular formula is C22H19ClFN5. The van der Waals surface area contributed by atoms with Crippen LogP contribution in [0.1, 0.15) is 0 Å². The Kier molecular flexibility index (Phi) is 4.56. The maximum Gasteiger partial charge on any atom is 0.154 e. The molecular weight excluding hydrogens is 389 g/mol. The predicted octanol–water partition coefficient (Wildman–Crippen LogP) is 4.52. The van der Waals surface area contributed by atoms with Crippen molar-refractivity contribution in [2.24, 2.45) is 0 Å². The summed E-state index contributed by atoms with van der Waals surface area (Å²) in [7, 11) is 0. The predicted molar refractivity (Wildman–Crippen MR) is 114 cm³/mol. The Bertz CT molecular complexity index is 1130. The number of hydrogen-bond acceptors (Lipinski definition) is 4. The minimum absolute atomic E-state index is 0.251. The van der Waals surface area contributed by atoms with Gasteiger partial charge in [-0.05, 0) is 54.6 Å². The molecule has 146 valence electrons. The van der Waals surface area contributed by atoms with Crippen molar-refractivity contribution in [3.05, 3.63) is 77.8 Å². The van der Waals surface area contributed by atoms with Gasteiger partial charge in [0.05, 0.1) is 5.69 Å². The Labute approximate surface area is 173 Å². The lowest BCUT2D eigenvalue weighted by Crippen LogP contribution is -2.47. The summed E-state index contributed by atoms with van der Waals surface area (Å²) < 4.78 is 15.1. The molecule has 5 nitrogen and oxygen atoms in total. The summed E-state index contributed by atoms with van der Waals surface area (Å²) in [5, 5.41) is 5.39. The number of halogens is 2. The first-order chi connectivity index (χ1) is 14.2. The Morgan fingerprint density at radius 3 is 2.28 bits per heavy atom. The van der Waals surface area contributed by atoms with Gasteiger partial charge < -0.3 is 9.80 Å². The third kappa shape index (κ3) is 3.51. The van der Waals surface area contributed by atoms with Gasteiger partial charge in [0.25, 0.3) is 0 Å². The standard InChI is InChI=1S/C22H19ClFN5/c23-17-3-7-19(8-4-17)27-11-13-28(14-12-27)22-21-15-20(26-29(21)10-9-25-22)16-1-5-18(24)6-2-16/h1-10,15H,11-14H2. The molecule has 4 aromatic rings. The molecule has 29 heavy (non-hydrogen) atoms. The van der Waals surface area contributed by atoms with Crippen LogP contribution in [0.4, 0.5) is 15.9 Å². The van der Waals surface area contributed by atoms with Crippen LogP contribution in [0.5, 0.6) is 0 Å². The molecule has 3 heterocycles. The van der Waals surface area contributed by atoms with E-state index < -0.39 is 0 Å². The van der Waals surface area contributed by atoms with Crippen LogP contribution in [-0.4, -0.2) is 40.8 Å². The zero-order valence-corrected chi connectivity index (χ0v) is 16.4. The molecule has 0 N–H and O–H groups in total. The molecule has 0 aliphatic carbocycles. The molecule has 0 unspecified atom stereocenters. The van der Waals surface area contributed by atoms with Crippen molar-refractivity contribution in [2.75, 3.05) is 36.0 Å². The van der Waals surface area contributed by atoms with E-state index in [-0.39, 0.29) is 5.82 Å². The Hall–Kier alpha value is -3.12. The highest BCUT2D eigenvalue weighted by Crippen LogP contribution is 2.27. The minimum atomic E-state index is -0.251. The minimum Gasteiger partial charge on any atom is -0.368 e. The van der Waals surface area contributed by atoms with Crippen LogP contribution in [0.3, 0.4) is 0 Å². The lowest BCUT2D eigenvalue weighted by molar-refractivity contribution is 0.628. The normalized spacial score (nSPS) is 14.6. The molecule has 0 atom stereocenters. The topological polar surface area (TPSA) is 36.7 Å². The summed E-state index contributed by atoms with van der Waals surface area (Å²) in [5.41, 5.74) is 3.82. The van der Waals surface area contributed by atoms with Crippen LogP contribution in [0.15, 0.2) is 67.0 Å². The molecule has 2 aromatic heterocycles. The molecule has 1 fully saturated rings. The number of benzene rings is 2. The maximum absolute atomic E-state index is 13.2. The molecule has 0 amide bonds. The number of piperazine rings is 1. The molecule has 1 aliphatic heterocycles. The van der Waals surface area contributed by atoms with Gasteiger partial charge in [-0.3, -0.25) is 0 Å². The number of hydrogen-bond donors (Lipinski definition) is 0. The van der Waals surface area contributed by atoms with E-state index in [9.17, 15) is 4.39 Å². The number of anilines is 2. The van der Waals surface area contributed by atoms with Crippen LogP contribution >= 0.6 is 11.6 Å². The third-order valence-electron chi connectivity index (χ3n) is 5.28. The van der Waals surface area contributed by atoms with Crippen molar-refractivity contribution in [1.29, 1.82) is 0 Å². The second-order valence-electron chi connectivity index (χ2n) is 7.07. The molecule has 2 aromatic carbocycles. The van der Waals surface area contributed by atoms with Gasteiger partial charge in [-0.2, -0.15) is 5.10 Å². The second-order valence-corrected chi connectivity index (χ2v) is 7.50. The van der Waals surface area contributed by atoms with Gasteiger partial charge >= 0.3 is 0 Å². The lowest BCUT2D eigenvalue weighted by atomic mass is 10.1. The largest absolute Gasteiger partial charge is 0.368 e. The fourth-order valence-corrected chi connectivity index (χ4v) is 3.87. The first kappa shape index (κ1) is 17.9. The van der Waals surface area contributed by atoms with Crippen molar-refractivity contribution in [1.82, 2.24) is 14.6 Å². The summed E-state index contributed by atoms with van der Waals surface area (Å²) in [4.78, 5) is 9.27. The average molecular weight is 408 g/mol. The fraction of sp³-hybridized carbons (Fsp3) is 0.182. The van der Waals surface area contributed by atoms with Crippen LogP contribution in [0, 0.1) is 5.82 Å². The van der Waals surface area contributed by atoms with Gasteiger partial charge in [0, 0.05) is 54.8 Å². The number of fused-ring (bicyclic) bond motifs is 1. The van der Waals surface area contributed by atoms with Gasteiger partial charge in [0.1, 0.15) is 11.3 Å². The van der Waals surface area contributed by atoms with E-state index >= 15 is 0 Å². The van der Waals surface area contributed by atoms with Crippen molar-refractivity contribution in [3.63, 3.8) is 0 Å². The summed E-state index contributed by atoms with van der Waals surface area (Å²) in [6.45, 7) is 3.55. The zero-order valence-electron chi connectivity index (χ0n) is 15.7. The van der Waals surface area contributed by atoms with E-state index in [0.717, 1.165) is 53.8 Å². The van der Waals surface area contributed by atoms with E-state index in [2.05, 4.69) is 32.0 Å². The smallest absolute Gasteiger partial charge is 0.154 e. The highest BCUT2D eigenvalue weighted by molar-refractivity contribution is 6.30. The van der Waals surface area contributed by atoms with E-state index in [1.165, 1.54) is 17.8 Å². The molecule has 0 spiro atoms. The first-order valence-corrected chi connectivity index (χ1v) is 9.91. The van der Waals surface area contributed by atoms with E-state index in [0.29, 0.717) is 0 Å². The number of aromatic nitrogens is 3. The summed E-state index contributed by atoms with van der Waals surface area (Å²) in [5.74, 6) is 0.669. The quantitative estimate of drug-likeness (QED) is 0.500. The zero-order chi connectivity index (χ0) is 19.8. The van der Waals surface area contributed by atoms with Crippen molar-refractivity contribution >= 4 is 28.6 Å². The average Bonchev–Trinajstić information content (AvgIpc) is 3.19. The molecule has 5 rings (SSSR count).